The molecule has 0 spiro atoms. The summed E-state index contributed by atoms with van der Waals surface area (Å²) in [7, 11) is 0. The lowest BCUT2D eigenvalue weighted by Crippen LogP contribution is -1.78. The van der Waals surface area contributed by atoms with Crippen LogP contribution in [0.5, 0.6) is 0 Å². The van der Waals surface area contributed by atoms with Gasteiger partial charge in [0.2, 0.25) is 0 Å². The van der Waals surface area contributed by atoms with Gasteiger partial charge in [-0.15, -0.1) is 10.2 Å². The van der Waals surface area contributed by atoms with Crippen molar-refractivity contribution in [3.63, 3.8) is 0 Å². The standard InChI is InChI=1S/C14H8N2O2S/c19-14-16-15-13(18-14)10-6-3-5-9-8-4-1-2-7-11(8)17-12(9)10/h1-7H,(H,16,19). The average Bonchev–Trinajstić information content (AvgIpc) is 3.02. The van der Waals surface area contributed by atoms with E-state index in [1.54, 1.807) is 0 Å². The van der Waals surface area contributed by atoms with Gasteiger partial charge in [-0.25, -0.2) is 0 Å². The SMILES string of the molecule is Sc1nnc(-c2cccc3c2oc2ccccc23)o1. The number of thiol groups is 1. The van der Waals surface area contributed by atoms with Gasteiger partial charge < -0.3 is 8.83 Å². The second-order valence-electron chi connectivity index (χ2n) is 4.17. The van der Waals surface area contributed by atoms with Gasteiger partial charge in [0.05, 0.1) is 5.56 Å². The van der Waals surface area contributed by atoms with Gasteiger partial charge >= 0.3 is 0 Å². The van der Waals surface area contributed by atoms with Crippen LogP contribution in [0.2, 0.25) is 0 Å². The zero-order valence-corrected chi connectivity index (χ0v) is 10.6. The minimum absolute atomic E-state index is 0.239. The molecule has 0 unspecified atom stereocenters. The highest BCUT2D eigenvalue weighted by Gasteiger charge is 2.15. The molecule has 92 valence electrons. The van der Waals surface area contributed by atoms with Gasteiger partial charge in [-0.05, 0) is 12.1 Å². The van der Waals surface area contributed by atoms with E-state index in [4.69, 9.17) is 8.83 Å². The molecule has 0 radical (unpaired) electrons. The van der Waals surface area contributed by atoms with E-state index in [0.717, 1.165) is 27.5 Å². The topological polar surface area (TPSA) is 52.1 Å². The quantitative estimate of drug-likeness (QED) is 0.531. The number of benzene rings is 2. The Hall–Kier alpha value is -2.27. The summed E-state index contributed by atoms with van der Waals surface area (Å²) in [5.41, 5.74) is 2.37. The van der Waals surface area contributed by atoms with Crippen LogP contribution in [0.1, 0.15) is 0 Å². The molecular weight excluding hydrogens is 260 g/mol. The summed E-state index contributed by atoms with van der Waals surface area (Å²) in [6.07, 6.45) is 0. The van der Waals surface area contributed by atoms with Crippen molar-refractivity contribution in [2.45, 2.75) is 5.22 Å². The summed E-state index contributed by atoms with van der Waals surface area (Å²) in [5, 5.41) is 10.1. The minimum Gasteiger partial charge on any atom is -0.455 e. The molecule has 0 aliphatic carbocycles. The minimum atomic E-state index is 0.239. The number of hydrogen-bond donors (Lipinski definition) is 1. The van der Waals surface area contributed by atoms with Gasteiger partial charge in [0.25, 0.3) is 11.1 Å². The molecular formula is C14H8N2O2S. The van der Waals surface area contributed by atoms with E-state index in [2.05, 4.69) is 22.8 Å². The van der Waals surface area contributed by atoms with Crippen LogP contribution in [0.3, 0.4) is 0 Å². The second-order valence-corrected chi connectivity index (χ2v) is 4.55. The molecule has 0 saturated heterocycles. The highest BCUT2D eigenvalue weighted by atomic mass is 32.1. The van der Waals surface area contributed by atoms with Crippen molar-refractivity contribution < 1.29 is 8.83 Å². The Morgan fingerprint density at radius 3 is 2.53 bits per heavy atom. The largest absolute Gasteiger partial charge is 0.455 e. The van der Waals surface area contributed by atoms with Crippen molar-refractivity contribution in [2.75, 3.05) is 0 Å². The molecule has 4 aromatic rings. The summed E-state index contributed by atoms with van der Waals surface area (Å²) in [6, 6.07) is 13.8. The van der Waals surface area contributed by atoms with Crippen LogP contribution < -0.4 is 0 Å². The molecule has 0 atom stereocenters. The molecule has 0 bridgehead atoms. The first-order valence-corrected chi connectivity index (χ1v) is 6.21. The molecule has 2 aromatic carbocycles. The molecule has 0 N–H and O–H groups in total. The first-order chi connectivity index (χ1) is 9.33. The van der Waals surface area contributed by atoms with Crippen molar-refractivity contribution in [1.82, 2.24) is 10.2 Å². The molecule has 4 nitrogen and oxygen atoms in total. The molecule has 19 heavy (non-hydrogen) atoms. The van der Waals surface area contributed by atoms with Crippen molar-refractivity contribution in [3.8, 4) is 11.5 Å². The predicted octanol–water partition coefficient (Wildman–Crippen LogP) is 3.92. The Balaban J connectivity index is 2.12. The van der Waals surface area contributed by atoms with E-state index in [1.807, 2.05) is 42.5 Å². The lowest BCUT2D eigenvalue weighted by atomic mass is 10.1. The number of para-hydroxylation sites is 2. The summed E-state index contributed by atoms with van der Waals surface area (Å²) in [5.74, 6) is 0.412. The van der Waals surface area contributed by atoms with Crippen molar-refractivity contribution in [3.05, 3.63) is 42.5 Å². The van der Waals surface area contributed by atoms with E-state index in [-0.39, 0.29) is 5.22 Å². The van der Waals surface area contributed by atoms with Gasteiger partial charge in [-0.3, -0.25) is 0 Å². The third-order valence-corrected chi connectivity index (χ3v) is 3.23. The van der Waals surface area contributed by atoms with Gasteiger partial charge in [0.1, 0.15) is 11.2 Å². The van der Waals surface area contributed by atoms with Crippen LogP contribution >= 0.6 is 12.6 Å². The number of furan rings is 1. The van der Waals surface area contributed by atoms with Crippen LogP contribution in [0.15, 0.2) is 56.5 Å². The first-order valence-electron chi connectivity index (χ1n) is 5.76. The van der Waals surface area contributed by atoms with Gasteiger partial charge in [-0.1, -0.05) is 43.0 Å². The van der Waals surface area contributed by atoms with Crippen LogP contribution in [0, 0.1) is 0 Å². The molecule has 2 aromatic heterocycles. The Bertz CT molecular complexity index is 895. The molecule has 0 aliphatic heterocycles. The van der Waals surface area contributed by atoms with Gasteiger partial charge in [0.15, 0.2) is 0 Å². The number of rotatable bonds is 1. The van der Waals surface area contributed by atoms with E-state index in [0.29, 0.717) is 5.89 Å². The van der Waals surface area contributed by atoms with Gasteiger partial charge in [-0.2, -0.15) is 0 Å². The molecule has 2 heterocycles. The van der Waals surface area contributed by atoms with Crippen molar-refractivity contribution >= 4 is 34.6 Å². The van der Waals surface area contributed by atoms with Crippen LogP contribution in [-0.4, -0.2) is 10.2 Å². The fourth-order valence-electron chi connectivity index (χ4n) is 2.24. The molecule has 4 rings (SSSR count). The van der Waals surface area contributed by atoms with E-state index in [9.17, 15) is 0 Å². The van der Waals surface area contributed by atoms with Crippen LogP contribution in [-0.2, 0) is 0 Å². The lowest BCUT2D eigenvalue weighted by Gasteiger charge is -1.95. The second kappa shape index (κ2) is 3.86. The zero-order valence-electron chi connectivity index (χ0n) is 9.70. The summed E-state index contributed by atoms with van der Waals surface area (Å²) in [4.78, 5) is 0. The average molecular weight is 268 g/mol. The lowest BCUT2D eigenvalue weighted by molar-refractivity contribution is 0.468. The zero-order chi connectivity index (χ0) is 12.8. The van der Waals surface area contributed by atoms with E-state index in [1.165, 1.54) is 0 Å². The highest BCUT2D eigenvalue weighted by molar-refractivity contribution is 7.80. The maximum absolute atomic E-state index is 5.89. The molecule has 0 fully saturated rings. The van der Waals surface area contributed by atoms with E-state index >= 15 is 0 Å². The van der Waals surface area contributed by atoms with Gasteiger partial charge in [0, 0.05) is 10.8 Å². The Kier molecular flexibility index (Phi) is 2.16. The highest BCUT2D eigenvalue weighted by Crippen LogP contribution is 2.35. The Labute approximate surface area is 113 Å². The predicted molar refractivity (Wildman–Crippen MR) is 74.3 cm³/mol. The molecule has 0 aliphatic rings. The third kappa shape index (κ3) is 1.55. The van der Waals surface area contributed by atoms with Crippen LogP contribution in [0.4, 0.5) is 0 Å². The summed E-state index contributed by atoms with van der Waals surface area (Å²) < 4.78 is 11.3. The summed E-state index contributed by atoms with van der Waals surface area (Å²) in [6.45, 7) is 0. The maximum atomic E-state index is 5.89. The van der Waals surface area contributed by atoms with Crippen molar-refractivity contribution in [2.24, 2.45) is 0 Å². The molecule has 0 saturated carbocycles. The normalized spacial score (nSPS) is 11.4. The monoisotopic (exact) mass is 268 g/mol. The van der Waals surface area contributed by atoms with Crippen LogP contribution in [0.25, 0.3) is 33.4 Å². The Morgan fingerprint density at radius 1 is 0.842 bits per heavy atom. The fraction of sp³-hybridized carbons (Fsp3) is 0. The number of nitrogens with zero attached hydrogens (tertiary/aromatic N) is 2. The number of aromatic nitrogens is 2. The van der Waals surface area contributed by atoms with Crippen molar-refractivity contribution in [1.29, 1.82) is 0 Å². The molecule has 5 heteroatoms. The van der Waals surface area contributed by atoms with E-state index < -0.39 is 0 Å². The molecule has 0 amide bonds. The maximum Gasteiger partial charge on any atom is 0.273 e. The Morgan fingerprint density at radius 2 is 1.68 bits per heavy atom. The number of fused-ring (bicyclic) bond motifs is 3. The fourth-order valence-corrected chi connectivity index (χ4v) is 2.37. The summed E-state index contributed by atoms with van der Waals surface area (Å²) >= 11 is 4.03. The first kappa shape index (κ1) is 10.6. The smallest absolute Gasteiger partial charge is 0.273 e. The number of hydrogen-bond acceptors (Lipinski definition) is 5. The third-order valence-electron chi connectivity index (χ3n) is 3.05.